The van der Waals surface area contributed by atoms with Crippen LogP contribution in [0.2, 0.25) is 0 Å². The lowest BCUT2D eigenvalue weighted by Gasteiger charge is -2.25. The van der Waals surface area contributed by atoms with Crippen molar-refractivity contribution in [1.82, 2.24) is 10.3 Å². The Kier molecular flexibility index (Phi) is 4.19. The van der Waals surface area contributed by atoms with Gasteiger partial charge in [-0.25, -0.2) is 4.79 Å². The first kappa shape index (κ1) is 14.3. The van der Waals surface area contributed by atoms with Gasteiger partial charge in [0.1, 0.15) is 5.69 Å². The van der Waals surface area contributed by atoms with Crippen molar-refractivity contribution in [2.75, 3.05) is 25.1 Å². The van der Waals surface area contributed by atoms with Gasteiger partial charge in [0, 0.05) is 31.5 Å². The third-order valence-electron chi connectivity index (χ3n) is 3.14. The number of hydrogen-bond donors (Lipinski definition) is 3. The number of nitrogens with zero attached hydrogens (tertiary/aromatic N) is 1. The number of aromatic nitrogens is 1. The standard InChI is InChI=1S/C13H17N3O4/c1-2-14-11(17)10-7-9(3-5-15-10)16-13(12(18)19)4-6-20-8-13/h3,5,7H,2,4,6,8H2,1H3,(H,14,17)(H,15,16)(H,18,19). The van der Waals surface area contributed by atoms with Crippen LogP contribution in [-0.4, -0.2) is 47.3 Å². The quantitative estimate of drug-likeness (QED) is 0.725. The number of rotatable bonds is 5. The first-order valence-electron chi connectivity index (χ1n) is 6.41. The zero-order chi connectivity index (χ0) is 14.6. The lowest BCUT2D eigenvalue weighted by molar-refractivity contribution is -0.142. The number of amides is 1. The van der Waals surface area contributed by atoms with Crippen LogP contribution in [0, 0.1) is 0 Å². The third kappa shape index (κ3) is 2.88. The Balaban J connectivity index is 2.19. The van der Waals surface area contributed by atoms with Crippen molar-refractivity contribution in [1.29, 1.82) is 0 Å². The van der Waals surface area contributed by atoms with Gasteiger partial charge >= 0.3 is 5.97 Å². The van der Waals surface area contributed by atoms with Crippen molar-refractivity contribution >= 4 is 17.6 Å². The molecule has 1 fully saturated rings. The van der Waals surface area contributed by atoms with Crippen LogP contribution in [0.1, 0.15) is 23.8 Å². The fourth-order valence-corrected chi connectivity index (χ4v) is 2.05. The largest absolute Gasteiger partial charge is 0.479 e. The average molecular weight is 279 g/mol. The molecule has 1 unspecified atom stereocenters. The van der Waals surface area contributed by atoms with E-state index in [1.165, 1.54) is 12.3 Å². The molecule has 1 atom stereocenters. The molecule has 108 valence electrons. The van der Waals surface area contributed by atoms with E-state index in [1.807, 2.05) is 6.92 Å². The molecule has 1 amide bonds. The third-order valence-corrected chi connectivity index (χ3v) is 3.14. The van der Waals surface area contributed by atoms with E-state index < -0.39 is 11.5 Å². The highest BCUT2D eigenvalue weighted by molar-refractivity contribution is 5.93. The summed E-state index contributed by atoms with van der Waals surface area (Å²) in [5, 5.41) is 14.9. The second kappa shape index (κ2) is 5.87. The van der Waals surface area contributed by atoms with Crippen molar-refractivity contribution in [2.24, 2.45) is 0 Å². The zero-order valence-corrected chi connectivity index (χ0v) is 11.2. The molecule has 3 N–H and O–H groups in total. The van der Waals surface area contributed by atoms with E-state index in [2.05, 4.69) is 15.6 Å². The molecule has 0 radical (unpaired) electrons. The van der Waals surface area contributed by atoms with Gasteiger partial charge < -0.3 is 20.5 Å². The highest BCUT2D eigenvalue weighted by Crippen LogP contribution is 2.25. The summed E-state index contributed by atoms with van der Waals surface area (Å²) in [5.41, 5.74) is -0.356. The summed E-state index contributed by atoms with van der Waals surface area (Å²) in [5.74, 6) is -1.26. The van der Waals surface area contributed by atoms with E-state index in [0.717, 1.165) is 0 Å². The molecule has 0 bridgehead atoms. The molecular formula is C13H17N3O4. The maximum absolute atomic E-state index is 11.7. The van der Waals surface area contributed by atoms with Crippen LogP contribution in [-0.2, 0) is 9.53 Å². The number of carboxylic acids is 1. The van der Waals surface area contributed by atoms with Gasteiger partial charge in [-0.05, 0) is 19.1 Å². The van der Waals surface area contributed by atoms with E-state index in [1.54, 1.807) is 6.07 Å². The lowest BCUT2D eigenvalue weighted by atomic mass is 9.98. The molecule has 2 heterocycles. The predicted octanol–water partition coefficient (Wildman–Crippen LogP) is 0.487. The highest BCUT2D eigenvalue weighted by atomic mass is 16.5. The Bertz CT molecular complexity index is 512. The molecule has 0 aromatic carbocycles. The number of aliphatic carboxylic acids is 1. The number of ether oxygens (including phenoxy) is 1. The van der Waals surface area contributed by atoms with Gasteiger partial charge in [0.2, 0.25) is 0 Å². The predicted molar refractivity (Wildman–Crippen MR) is 71.7 cm³/mol. The number of anilines is 1. The van der Waals surface area contributed by atoms with Gasteiger partial charge in [-0.15, -0.1) is 0 Å². The van der Waals surface area contributed by atoms with Crippen molar-refractivity contribution in [3.63, 3.8) is 0 Å². The zero-order valence-electron chi connectivity index (χ0n) is 11.2. The molecule has 0 aliphatic carbocycles. The molecule has 1 aliphatic rings. The molecule has 2 rings (SSSR count). The second-order valence-corrected chi connectivity index (χ2v) is 4.60. The van der Waals surface area contributed by atoms with Crippen molar-refractivity contribution in [3.8, 4) is 0 Å². The minimum Gasteiger partial charge on any atom is -0.479 e. The maximum atomic E-state index is 11.7. The molecule has 1 aromatic rings. The molecule has 20 heavy (non-hydrogen) atoms. The van der Waals surface area contributed by atoms with Crippen LogP contribution in [0.15, 0.2) is 18.3 Å². The van der Waals surface area contributed by atoms with E-state index >= 15 is 0 Å². The molecule has 7 nitrogen and oxygen atoms in total. The topological polar surface area (TPSA) is 101 Å². The van der Waals surface area contributed by atoms with Crippen LogP contribution in [0.5, 0.6) is 0 Å². The minimum absolute atomic E-state index is 0.0984. The summed E-state index contributed by atoms with van der Waals surface area (Å²) in [6.45, 7) is 2.81. The summed E-state index contributed by atoms with van der Waals surface area (Å²) in [4.78, 5) is 27.1. The van der Waals surface area contributed by atoms with Gasteiger partial charge in [0.25, 0.3) is 5.91 Å². The first-order valence-corrected chi connectivity index (χ1v) is 6.41. The van der Waals surface area contributed by atoms with E-state index in [-0.39, 0.29) is 18.2 Å². The molecule has 0 spiro atoms. The molecule has 1 aromatic heterocycles. The normalized spacial score (nSPS) is 21.4. The average Bonchev–Trinajstić information content (AvgIpc) is 2.89. The maximum Gasteiger partial charge on any atom is 0.331 e. The Labute approximate surface area is 116 Å². The smallest absolute Gasteiger partial charge is 0.331 e. The van der Waals surface area contributed by atoms with E-state index in [9.17, 15) is 14.7 Å². The highest BCUT2D eigenvalue weighted by Gasteiger charge is 2.42. The molecule has 7 heteroatoms. The fourth-order valence-electron chi connectivity index (χ4n) is 2.05. The number of hydrogen-bond acceptors (Lipinski definition) is 5. The summed E-state index contributed by atoms with van der Waals surface area (Å²) >= 11 is 0. The van der Waals surface area contributed by atoms with E-state index in [4.69, 9.17) is 4.74 Å². The molecule has 1 aliphatic heterocycles. The Hall–Kier alpha value is -2.15. The Morgan fingerprint density at radius 3 is 2.95 bits per heavy atom. The minimum atomic E-state index is -1.14. The molecule has 1 saturated heterocycles. The summed E-state index contributed by atoms with van der Waals surface area (Å²) in [7, 11) is 0. The van der Waals surface area contributed by atoms with Gasteiger partial charge in [-0.3, -0.25) is 9.78 Å². The summed E-state index contributed by atoms with van der Waals surface area (Å²) in [6.07, 6.45) is 1.85. The second-order valence-electron chi connectivity index (χ2n) is 4.60. The van der Waals surface area contributed by atoms with Crippen molar-refractivity contribution in [3.05, 3.63) is 24.0 Å². The number of nitrogens with one attached hydrogen (secondary N) is 2. The number of pyridine rings is 1. The SMILES string of the molecule is CCNC(=O)c1cc(NC2(C(=O)O)CCOC2)ccn1. The van der Waals surface area contributed by atoms with Crippen LogP contribution < -0.4 is 10.6 Å². The van der Waals surface area contributed by atoms with Crippen molar-refractivity contribution in [2.45, 2.75) is 18.9 Å². The number of carboxylic acid groups (broad SMARTS) is 1. The summed E-state index contributed by atoms with van der Waals surface area (Å²) in [6, 6.07) is 3.17. The van der Waals surface area contributed by atoms with Crippen LogP contribution in [0.4, 0.5) is 5.69 Å². The van der Waals surface area contributed by atoms with Gasteiger partial charge in [0.05, 0.1) is 6.61 Å². The van der Waals surface area contributed by atoms with Crippen LogP contribution >= 0.6 is 0 Å². The monoisotopic (exact) mass is 279 g/mol. The molecule has 0 saturated carbocycles. The number of carbonyl (C=O) groups excluding carboxylic acids is 1. The van der Waals surface area contributed by atoms with Gasteiger partial charge in [-0.1, -0.05) is 0 Å². The van der Waals surface area contributed by atoms with Crippen LogP contribution in [0.25, 0.3) is 0 Å². The van der Waals surface area contributed by atoms with Gasteiger partial charge in [0.15, 0.2) is 5.54 Å². The Morgan fingerprint density at radius 2 is 2.35 bits per heavy atom. The van der Waals surface area contributed by atoms with Crippen LogP contribution in [0.3, 0.4) is 0 Å². The summed E-state index contributed by atoms with van der Waals surface area (Å²) < 4.78 is 5.17. The molecular weight excluding hydrogens is 262 g/mol. The first-order chi connectivity index (χ1) is 9.57. The number of carbonyl (C=O) groups is 2. The van der Waals surface area contributed by atoms with Gasteiger partial charge in [-0.2, -0.15) is 0 Å². The van der Waals surface area contributed by atoms with Crippen molar-refractivity contribution < 1.29 is 19.4 Å². The van der Waals surface area contributed by atoms with E-state index in [0.29, 0.717) is 25.3 Å². The lowest BCUT2D eigenvalue weighted by Crippen LogP contribution is -2.47. The fraction of sp³-hybridized carbons (Fsp3) is 0.462. The Morgan fingerprint density at radius 1 is 1.55 bits per heavy atom.